The maximum absolute atomic E-state index is 5.28. The SMILES string of the molecule is CCC(C)SCc1ccnc(NN)c1. The van der Waals surface area contributed by atoms with E-state index in [2.05, 4.69) is 24.3 Å². The minimum absolute atomic E-state index is 0.706. The third-order valence-electron chi connectivity index (χ3n) is 2.08. The number of nitrogens with zero attached hydrogens (tertiary/aromatic N) is 1. The molecule has 0 fully saturated rings. The number of hydrogen-bond donors (Lipinski definition) is 2. The zero-order valence-electron chi connectivity index (χ0n) is 8.66. The van der Waals surface area contributed by atoms with Crippen molar-refractivity contribution in [3.63, 3.8) is 0 Å². The second kappa shape index (κ2) is 5.88. The molecule has 1 rings (SSSR count). The van der Waals surface area contributed by atoms with Crippen molar-refractivity contribution in [3.05, 3.63) is 23.9 Å². The number of rotatable bonds is 5. The number of hydrazine groups is 1. The van der Waals surface area contributed by atoms with E-state index in [0.29, 0.717) is 5.25 Å². The molecule has 0 aliphatic heterocycles. The highest BCUT2D eigenvalue weighted by Crippen LogP contribution is 2.20. The van der Waals surface area contributed by atoms with Crippen LogP contribution in [0.1, 0.15) is 25.8 Å². The smallest absolute Gasteiger partial charge is 0.140 e. The van der Waals surface area contributed by atoms with Crippen LogP contribution in [-0.4, -0.2) is 10.2 Å². The van der Waals surface area contributed by atoms with Gasteiger partial charge in [0.25, 0.3) is 0 Å². The summed E-state index contributed by atoms with van der Waals surface area (Å²) in [6.07, 6.45) is 2.99. The Kier molecular flexibility index (Phi) is 4.76. The first-order valence-corrected chi connectivity index (χ1v) is 5.84. The van der Waals surface area contributed by atoms with E-state index in [0.717, 1.165) is 11.6 Å². The van der Waals surface area contributed by atoms with E-state index in [1.54, 1.807) is 6.20 Å². The molecule has 0 aromatic carbocycles. The van der Waals surface area contributed by atoms with E-state index in [-0.39, 0.29) is 0 Å². The van der Waals surface area contributed by atoms with Gasteiger partial charge in [-0.25, -0.2) is 10.8 Å². The summed E-state index contributed by atoms with van der Waals surface area (Å²) in [5.41, 5.74) is 3.81. The zero-order chi connectivity index (χ0) is 10.4. The van der Waals surface area contributed by atoms with Gasteiger partial charge >= 0.3 is 0 Å². The Morgan fingerprint density at radius 3 is 3.07 bits per heavy atom. The van der Waals surface area contributed by atoms with Gasteiger partial charge in [0.05, 0.1) is 0 Å². The molecule has 4 heteroatoms. The van der Waals surface area contributed by atoms with Gasteiger partial charge in [-0.1, -0.05) is 13.8 Å². The van der Waals surface area contributed by atoms with Crippen molar-refractivity contribution in [2.24, 2.45) is 5.84 Å². The van der Waals surface area contributed by atoms with E-state index in [9.17, 15) is 0 Å². The van der Waals surface area contributed by atoms with Crippen LogP contribution < -0.4 is 11.3 Å². The van der Waals surface area contributed by atoms with Crippen LogP contribution in [0, 0.1) is 0 Å². The van der Waals surface area contributed by atoms with Crippen LogP contribution in [0.4, 0.5) is 5.82 Å². The summed E-state index contributed by atoms with van der Waals surface area (Å²) < 4.78 is 0. The van der Waals surface area contributed by atoms with E-state index in [4.69, 9.17) is 5.84 Å². The Labute approximate surface area is 89.5 Å². The molecule has 0 aliphatic carbocycles. The highest BCUT2D eigenvalue weighted by atomic mass is 32.2. The summed E-state index contributed by atoms with van der Waals surface area (Å²) in [6.45, 7) is 4.45. The molecular weight excluding hydrogens is 194 g/mol. The zero-order valence-corrected chi connectivity index (χ0v) is 9.47. The van der Waals surface area contributed by atoms with Gasteiger partial charge in [0.2, 0.25) is 0 Å². The fourth-order valence-electron chi connectivity index (χ4n) is 0.999. The van der Waals surface area contributed by atoms with Gasteiger partial charge in [0.1, 0.15) is 5.82 Å². The second-order valence-corrected chi connectivity index (χ2v) is 4.65. The Hall–Kier alpha value is -0.740. The van der Waals surface area contributed by atoms with Crippen LogP contribution in [0.3, 0.4) is 0 Å². The summed E-state index contributed by atoms with van der Waals surface area (Å²) in [6, 6.07) is 4.01. The molecule has 0 spiro atoms. The van der Waals surface area contributed by atoms with Crippen molar-refractivity contribution in [1.82, 2.24) is 4.98 Å². The highest BCUT2D eigenvalue weighted by Gasteiger charge is 2.01. The van der Waals surface area contributed by atoms with Gasteiger partial charge < -0.3 is 5.43 Å². The second-order valence-electron chi connectivity index (χ2n) is 3.22. The minimum atomic E-state index is 0.706. The first-order chi connectivity index (χ1) is 6.76. The van der Waals surface area contributed by atoms with Crippen LogP contribution in [-0.2, 0) is 5.75 Å². The molecular formula is C10H17N3S. The Morgan fingerprint density at radius 2 is 2.43 bits per heavy atom. The first-order valence-electron chi connectivity index (χ1n) is 4.79. The molecule has 1 atom stereocenters. The number of nitrogens with one attached hydrogen (secondary N) is 1. The van der Waals surface area contributed by atoms with Crippen molar-refractivity contribution < 1.29 is 0 Å². The number of nitrogens with two attached hydrogens (primary N) is 1. The standard InChI is InChI=1S/C10H17N3S/c1-3-8(2)14-7-9-4-5-12-10(6-9)13-11/h4-6,8H,3,7,11H2,1-2H3,(H,12,13). The van der Waals surface area contributed by atoms with Gasteiger partial charge in [-0.15, -0.1) is 0 Å². The quantitative estimate of drug-likeness (QED) is 0.580. The number of thioether (sulfide) groups is 1. The lowest BCUT2D eigenvalue weighted by Crippen LogP contribution is -2.08. The normalized spacial score (nSPS) is 12.5. The predicted molar refractivity (Wildman–Crippen MR) is 63.1 cm³/mol. The molecule has 0 bridgehead atoms. The number of hydrogen-bond acceptors (Lipinski definition) is 4. The van der Waals surface area contributed by atoms with Crippen molar-refractivity contribution in [2.75, 3.05) is 5.43 Å². The fourth-order valence-corrected chi connectivity index (χ4v) is 1.89. The molecule has 0 saturated carbocycles. The Bertz CT molecular complexity index is 278. The maximum atomic E-state index is 5.28. The summed E-state index contributed by atoms with van der Waals surface area (Å²) in [7, 11) is 0. The maximum Gasteiger partial charge on any atom is 0.140 e. The molecule has 78 valence electrons. The number of pyridine rings is 1. The summed E-state index contributed by atoms with van der Waals surface area (Å²) in [5, 5.41) is 0.706. The summed E-state index contributed by atoms with van der Waals surface area (Å²) in [5.74, 6) is 7.03. The highest BCUT2D eigenvalue weighted by molar-refractivity contribution is 7.99. The fraction of sp³-hybridized carbons (Fsp3) is 0.500. The Morgan fingerprint density at radius 1 is 1.64 bits per heavy atom. The van der Waals surface area contributed by atoms with Crippen LogP contribution in [0.15, 0.2) is 18.3 Å². The molecule has 1 aromatic heterocycles. The lowest BCUT2D eigenvalue weighted by molar-refractivity contribution is 0.905. The third kappa shape index (κ3) is 3.55. The monoisotopic (exact) mass is 211 g/mol. The molecule has 0 radical (unpaired) electrons. The molecule has 3 N–H and O–H groups in total. The van der Waals surface area contributed by atoms with Crippen molar-refractivity contribution in [2.45, 2.75) is 31.3 Å². The number of aromatic nitrogens is 1. The molecule has 1 unspecified atom stereocenters. The molecule has 1 heterocycles. The lowest BCUT2D eigenvalue weighted by atomic mass is 10.3. The van der Waals surface area contributed by atoms with E-state index < -0.39 is 0 Å². The average Bonchev–Trinajstić information content (AvgIpc) is 2.26. The van der Waals surface area contributed by atoms with E-state index >= 15 is 0 Å². The van der Waals surface area contributed by atoms with E-state index in [1.807, 2.05) is 23.9 Å². The Balaban J connectivity index is 2.50. The van der Waals surface area contributed by atoms with Gasteiger partial charge in [0.15, 0.2) is 0 Å². The average molecular weight is 211 g/mol. The van der Waals surface area contributed by atoms with Crippen molar-refractivity contribution in [3.8, 4) is 0 Å². The molecule has 0 aliphatic rings. The van der Waals surface area contributed by atoms with Crippen LogP contribution >= 0.6 is 11.8 Å². The van der Waals surface area contributed by atoms with Gasteiger partial charge in [-0.3, -0.25) is 0 Å². The number of anilines is 1. The van der Waals surface area contributed by atoms with Crippen LogP contribution in [0.2, 0.25) is 0 Å². The molecule has 0 saturated heterocycles. The van der Waals surface area contributed by atoms with Crippen molar-refractivity contribution >= 4 is 17.6 Å². The van der Waals surface area contributed by atoms with Crippen molar-refractivity contribution in [1.29, 1.82) is 0 Å². The van der Waals surface area contributed by atoms with E-state index in [1.165, 1.54) is 12.0 Å². The summed E-state index contributed by atoms with van der Waals surface area (Å²) in [4.78, 5) is 4.06. The molecule has 0 amide bonds. The lowest BCUT2D eigenvalue weighted by Gasteiger charge is -2.08. The first kappa shape index (κ1) is 11.3. The molecule has 1 aromatic rings. The molecule has 14 heavy (non-hydrogen) atoms. The third-order valence-corrected chi connectivity index (χ3v) is 3.48. The van der Waals surface area contributed by atoms with Crippen LogP contribution in [0.5, 0.6) is 0 Å². The predicted octanol–water partition coefficient (Wildman–Crippen LogP) is 2.40. The topological polar surface area (TPSA) is 50.9 Å². The van der Waals surface area contributed by atoms with Gasteiger partial charge in [0, 0.05) is 17.2 Å². The summed E-state index contributed by atoms with van der Waals surface area (Å²) >= 11 is 1.95. The molecule has 3 nitrogen and oxygen atoms in total. The minimum Gasteiger partial charge on any atom is -0.308 e. The van der Waals surface area contributed by atoms with Crippen LogP contribution in [0.25, 0.3) is 0 Å². The number of nitrogen functional groups attached to an aromatic ring is 1. The van der Waals surface area contributed by atoms with Gasteiger partial charge in [-0.05, 0) is 24.1 Å². The largest absolute Gasteiger partial charge is 0.308 e. The van der Waals surface area contributed by atoms with Gasteiger partial charge in [-0.2, -0.15) is 11.8 Å².